The highest BCUT2D eigenvalue weighted by atomic mass is 16.3. The van der Waals surface area contributed by atoms with Crippen molar-refractivity contribution in [1.29, 1.82) is 0 Å². The second-order valence-electron chi connectivity index (χ2n) is 4.95. The SMILES string of the molecule is Cn1cc[n+](C)c1/N=N/c1c(O)n2n(c1=O)CCCC2. The van der Waals surface area contributed by atoms with Crippen molar-refractivity contribution in [3.8, 4) is 5.88 Å². The third-order valence-corrected chi connectivity index (χ3v) is 3.56. The van der Waals surface area contributed by atoms with Gasteiger partial charge in [0.25, 0.3) is 5.56 Å². The lowest BCUT2D eigenvalue weighted by Crippen LogP contribution is -2.26. The molecular formula is C12H17N6O2+. The fourth-order valence-corrected chi connectivity index (χ4v) is 2.44. The summed E-state index contributed by atoms with van der Waals surface area (Å²) in [4.78, 5) is 12.2. The first-order valence-electron chi connectivity index (χ1n) is 6.55. The first-order chi connectivity index (χ1) is 9.59. The number of aromatic hydroxyl groups is 1. The molecule has 0 radical (unpaired) electrons. The Kier molecular flexibility index (Phi) is 2.92. The van der Waals surface area contributed by atoms with Crippen LogP contribution in [-0.4, -0.2) is 19.0 Å². The van der Waals surface area contributed by atoms with E-state index in [0.29, 0.717) is 19.0 Å². The molecule has 2 aromatic heterocycles. The van der Waals surface area contributed by atoms with Crippen LogP contribution in [-0.2, 0) is 27.2 Å². The summed E-state index contributed by atoms with van der Waals surface area (Å²) in [5.41, 5.74) is -0.282. The minimum atomic E-state index is -0.289. The Bertz CT molecular complexity index is 716. The van der Waals surface area contributed by atoms with E-state index < -0.39 is 0 Å². The van der Waals surface area contributed by atoms with Crippen molar-refractivity contribution >= 4 is 11.6 Å². The summed E-state index contributed by atoms with van der Waals surface area (Å²) >= 11 is 0. The molecule has 3 rings (SSSR count). The van der Waals surface area contributed by atoms with Gasteiger partial charge in [-0.1, -0.05) is 5.11 Å². The number of azo groups is 1. The Morgan fingerprint density at radius 1 is 1.25 bits per heavy atom. The quantitative estimate of drug-likeness (QED) is 0.648. The van der Waals surface area contributed by atoms with Gasteiger partial charge in [0, 0.05) is 18.2 Å². The van der Waals surface area contributed by atoms with Crippen molar-refractivity contribution in [2.75, 3.05) is 0 Å². The van der Waals surface area contributed by atoms with Crippen molar-refractivity contribution in [2.45, 2.75) is 25.9 Å². The van der Waals surface area contributed by atoms with E-state index in [1.807, 2.05) is 26.5 Å². The van der Waals surface area contributed by atoms with Crippen LogP contribution in [0.15, 0.2) is 27.4 Å². The number of rotatable bonds is 2. The Hall–Kier alpha value is -2.38. The summed E-state index contributed by atoms with van der Waals surface area (Å²) in [5, 5.41) is 18.1. The third-order valence-electron chi connectivity index (χ3n) is 3.56. The molecule has 0 saturated heterocycles. The fourth-order valence-electron chi connectivity index (χ4n) is 2.44. The van der Waals surface area contributed by atoms with E-state index in [-0.39, 0.29) is 17.1 Å². The van der Waals surface area contributed by atoms with Gasteiger partial charge in [0.1, 0.15) is 0 Å². The lowest BCUT2D eigenvalue weighted by Gasteiger charge is -2.16. The highest BCUT2D eigenvalue weighted by molar-refractivity contribution is 5.45. The van der Waals surface area contributed by atoms with Crippen molar-refractivity contribution in [1.82, 2.24) is 13.9 Å². The summed E-state index contributed by atoms with van der Waals surface area (Å²) in [6.45, 7) is 1.24. The van der Waals surface area contributed by atoms with E-state index in [4.69, 9.17) is 0 Å². The molecule has 0 aliphatic carbocycles. The van der Waals surface area contributed by atoms with Crippen LogP contribution in [0.25, 0.3) is 0 Å². The number of fused-ring (bicyclic) bond motifs is 1. The largest absolute Gasteiger partial charge is 0.492 e. The maximum Gasteiger partial charge on any atom is 0.421 e. The van der Waals surface area contributed by atoms with E-state index in [9.17, 15) is 9.90 Å². The van der Waals surface area contributed by atoms with Crippen molar-refractivity contribution in [3.63, 3.8) is 0 Å². The maximum absolute atomic E-state index is 12.2. The maximum atomic E-state index is 12.2. The molecule has 106 valence electrons. The molecule has 8 nitrogen and oxygen atoms in total. The molecule has 0 fully saturated rings. The molecular weight excluding hydrogens is 260 g/mol. The summed E-state index contributed by atoms with van der Waals surface area (Å²) in [7, 11) is 3.68. The van der Waals surface area contributed by atoms with Crippen LogP contribution >= 0.6 is 0 Å². The number of nitrogens with zero attached hydrogens (tertiary/aromatic N) is 6. The predicted molar refractivity (Wildman–Crippen MR) is 70.4 cm³/mol. The Morgan fingerprint density at radius 2 is 1.95 bits per heavy atom. The van der Waals surface area contributed by atoms with Gasteiger partial charge < -0.3 is 5.11 Å². The van der Waals surface area contributed by atoms with Crippen LogP contribution in [0.5, 0.6) is 5.88 Å². The van der Waals surface area contributed by atoms with Crippen molar-refractivity contribution in [3.05, 3.63) is 22.7 Å². The van der Waals surface area contributed by atoms with Gasteiger partial charge in [0.05, 0.1) is 26.5 Å². The van der Waals surface area contributed by atoms with Gasteiger partial charge in [0.2, 0.25) is 11.6 Å². The molecule has 0 amide bonds. The van der Waals surface area contributed by atoms with E-state index >= 15 is 0 Å². The molecule has 0 atom stereocenters. The zero-order valence-corrected chi connectivity index (χ0v) is 11.5. The topological polar surface area (TPSA) is 80.7 Å². The number of aryl methyl sites for hydroxylation is 2. The first-order valence-corrected chi connectivity index (χ1v) is 6.55. The third kappa shape index (κ3) is 1.84. The number of imidazole rings is 1. The summed E-state index contributed by atoms with van der Waals surface area (Å²) in [6, 6.07) is 0. The summed E-state index contributed by atoms with van der Waals surface area (Å²) < 4.78 is 6.67. The smallest absolute Gasteiger partial charge is 0.421 e. The Morgan fingerprint density at radius 3 is 2.55 bits per heavy atom. The molecule has 0 saturated carbocycles. The molecule has 2 aromatic rings. The summed E-state index contributed by atoms with van der Waals surface area (Å²) in [6.07, 6.45) is 5.56. The zero-order valence-electron chi connectivity index (χ0n) is 11.5. The second-order valence-corrected chi connectivity index (χ2v) is 4.95. The molecule has 20 heavy (non-hydrogen) atoms. The van der Waals surface area contributed by atoms with E-state index in [0.717, 1.165) is 12.8 Å². The minimum Gasteiger partial charge on any atom is -0.492 e. The predicted octanol–water partition coefficient (Wildman–Crippen LogP) is 0.728. The van der Waals surface area contributed by atoms with Crippen LogP contribution in [0, 0.1) is 0 Å². The van der Waals surface area contributed by atoms with Crippen LogP contribution in [0.2, 0.25) is 0 Å². The van der Waals surface area contributed by atoms with Crippen LogP contribution in [0.3, 0.4) is 0 Å². The van der Waals surface area contributed by atoms with Gasteiger partial charge in [-0.2, -0.15) is 0 Å². The van der Waals surface area contributed by atoms with Gasteiger partial charge in [-0.3, -0.25) is 4.79 Å². The fraction of sp³-hybridized carbons (Fsp3) is 0.500. The molecule has 1 aliphatic rings. The van der Waals surface area contributed by atoms with E-state index in [1.165, 1.54) is 4.68 Å². The molecule has 0 unspecified atom stereocenters. The van der Waals surface area contributed by atoms with Gasteiger partial charge in [-0.05, 0) is 12.8 Å². The average Bonchev–Trinajstić information content (AvgIpc) is 2.89. The van der Waals surface area contributed by atoms with Gasteiger partial charge in [-0.25, -0.2) is 18.5 Å². The zero-order chi connectivity index (χ0) is 14.3. The Balaban J connectivity index is 2.04. The minimum absolute atomic E-state index is 0.00750. The molecule has 0 bridgehead atoms. The van der Waals surface area contributed by atoms with Crippen LogP contribution in [0.4, 0.5) is 11.6 Å². The lowest BCUT2D eigenvalue weighted by atomic mass is 10.3. The second kappa shape index (κ2) is 4.62. The number of aromatic nitrogens is 4. The number of hydrogen-bond donors (Lipinski definition) is 1. The molecule has 0 aromatic carbocycles. The highest BCUT2D eigenvalue weighted by Crippen LogP contribution is 2.26. The molecule has 3 heterocycles. The summed E-state index contributed by atoms with van der Waals surface area (Å²) in [5.74, 6) is 0.494. The van der Waals surface area contributed by atoms with E-state index in [2.05, 4.69) is 10.2 Å². The van der Waals surface area contributed by atoms with E-state index in [1.54, 1.807) is 13.8 Å². The Labute approximate surface area is 115 Å². The average molecular weight is 277 g/mol. The molecule has 1 N–H and O–H groups in total. The molecule has 1 aliphatic heterocycles. The molecule has 0 spiro atoms. The highest BCUT2D eigenvalue weighted by Gasteiger charge is 2.23. The monoisotopic (exact) mass is 277 g/mol. The van der Waals surface area contributed by atoms with Crippen molar-refractivity contribution < 1.29 is 9.67 Å². The van der Waals surface area contributed by atoms with Crippen LogP contribution < -0.4 is 10.1 Å². The van der Waals surface area contributed by atoms with Gasteiger partial charge in [0.15, 0.2) is 0 Å². The van der Waals surface area contributed by atoms with Gasteiger partial charge >= 0.3 is 5.95 Å². The standard InChI is InChI=1S/C12H16N6O2/c1-15-7-8-16(2)12(15)14-13-9-10(19)17-5-3-4-6-18(17)11(9)20/h7-8H,3-6H2,1-2H3/p+1. The first kappa shape index (κ1) is 12.6. The number of hydrogen-bond acceptors (Lipinski definition) is 4. The van der Waals surface area contributed by atoms with Crippen LogP contribution in [0.1, 0.15) is 12.8 Å². The van der Waals surface area contributed by atoms with Gasteiger partial charge in [-0.15, -0.1) is 0 Å². The lowest BCUT2D eigenvalue weighted by molar-refractivity contribution is -0.657. The normalized spacial score (nSPS) is 14.9. The van der Waals surface area contributed by atoms with Crippen molar-refractivity contribution in [2.24, 2.45) is 24.3 Å². The molecule has 8 heteroatoms.